The maximum Gasteiger partial charge on any atom is 0.0547 e. The van der Waals surface area contributed by atoms with Gasteiger partial charge in [-0.05, 0) is 71.3 Å². The molecule has 0 spiro atoms. The number of fused-ring (bicyclic) bond motifs is 2. The molecule has 10 unspecified atom stereocenters. The molecule has 0 N–H and O–H groups in total. The monoisotopic (exact) mass is 360 g/mol. The van der Waals surface area contributed by atoms with Gasteiger partial charge in [0.2, 0.25) is 0 Å². The van der Waals surface area contributed by atoms with Gasteiger partial charge in [0.25, 0.3) is 0 Å². The molecule has 0 radical (unpaired) electrons. The van der Waals surface area contributed by atoms with Gasteiger partial charge in [-0.3, -0.25) is 0 Å². The largest absolute Gasteiger partial charge is 0.0689 e. The molecule has 4 fully saturated rings. The van der Waals surface area contributed by atoms with E-state index in [4.69, 9.17) is 0 Å². The van der Waals surface area contributed by atoms with E-state index in [-0.39, 0.29) is 0 Å². The predicted octanol–water partition coefficient (Wildman–Crippen LogP) is 7.62. The van der Waals surface area contributed by atoms with Crippen LogP contribution in [0.3, 0.4) is 0 Å². The fourth-order valence-corrected chi connectivity index (χ4v) is 16.3. The Morgan fingerprint density at radius 1 is 0.480 bits per heavy atom. The molecule has 4 aliphatic rings. The molecule has 0 nitrogen and oxygen atoms in total. The van der Waals surface area contributed by atoms with Gasteiger partial charge in [0, 0.05) is 0 Å². The van der Waals surface area contributed by atoms with E-state index in [1.165, 1.54) is 25.7 Å². The highest BCUT2D eigenvalue weighted by molar-refractivity contribution is 6.80. The molecule has 10 atom stereocenters. The summed E-state index contributed by atoms with van der Waals surface area (Å²) in [5, 5.41) is 0. The number of hydrogen-bond acceptors (Lipinski definition) is 0. The van der Waals surface area contributed by atoms with Crippen LogP contribution in [-0.4, -0.2) is 8.07 Å². The Labute approximate surface area is 158 Å². The van der Waals surface area contributed by atoms with Gasteiger partial charge in [-0.2, -0.15) is 0 Å². The molecule has 0 aromatic heterocycles. The summed E-state index contributed by atoms with van der Waals surface area (Å²) in [6.45, 7) is 16.3. The highest BCUT2D eigenvalue weighted by Gasteiger charge is 2.60. The van der Waals surface area contributed by atoms with Crippen molar-refractivity contribution in [2.45, 2.75) is 103 Å². The van der Waals surface area contributed by atoms with E-state index in [9.17, 15) is 0 Å². The summed E-state index contributed by atoms with van der Waals surface area (Å²) < 4.78 is 0. The molecule has 0 aliphatic heterocycles. The highest BCUT2D eigenvalue weighted by atomic mass is 28.3. The molecule has 1 heteroatoms. The summed E-state index contributed by atoms with van der Waals surface area (Å²) in [6, 6.07) is 0. The first-order valence-electron chi connectivity index (χ1n) is 11.9. The average Bonchev–Trinajstić information content (AvgIpc) is 3.01. The normalized spacial score (nSPS) is 53.5. The second-order valence-corrected chi connectivity index (χ2v) is 16.5. The van der Waals surface area contributed by atoms with Crippen molar-refractivity contribution in [1.29, 1.82) is 0 Å². The van der Waals surface area contributed by atoms with E-state index in [0.717, 1.165) is 58.4 Å². The van der Waals surface area contributed by atoms with Crippen molar-refractivity contribution in [1.82, 2.24) is 0 Å². The van der Waals surface area contributed by atoms with Crippen molar-refractivity contribution in [3.05, 3.63) is 0 Å². The quantitative estimate of drug-likeness (QED) is 0.444. The fraction of sp³-hybridized carbons (Fsp3) is 1.00. The van der Waals surface area contributed by atoms with E-state index < -0.39 is 8.07 Å². The Balaban J connectivity index is 1.66. The van der Waals surface area contributed by atoms with Crippen LogP contribution in [0, 0.1) is 47.3 Å². The number of hydrogen-bond donors (Lipinski definition) is 0. The van der Waals surface area contributed by atoms with Crippen molar-refractivity contribution in [2.24, 2.45) is 47.3 Å². The summed E-state index contributed by atoms with van der Waals surface area (Å²) in [7, 11) is -1.26. The van der Waals surface area contributed by atoms with E-state index in [0.29, 0.717) is 0 Å². The summed E-state index contributed by atoms with van der Waals surface area (Å²) in [6.07, 6.45) is 12.4. The zero-order chi connectivity index (χ0) is 17.9. The maximum atomic E-state index is 2.86. The second kappa shape index (κ2) is 6.68. The molecule has 0 aromatic rings. The lowest BCUT2D eigenvalue weighted by Gasteiger charge is -2.47. The van der Waals surface area contributed by atoms with Gasteiger partial charge in [-0.15, -0.1) is 0 Å². The maximum absolute atomic E-state index is 2.86. The highest BCUT2D eigenvalue weighted by Crippen LogP contribution is 2.66. The predicted molar refractivity (Wildman–Crippen MR) is 113 cm³/mol. The number of rotatable bonds is 2. The van der Waals surface area contributed by atoms with Gasteiger partial charge in [0.1, 0.15) is 0 Å². The molecule has 4 saturated carbocycles. The van der Waals surface area contributed by atoms with Crippen LogP contribution in [0.1, 0.15) is 79.1 Å². The van der Waals surface area contributed by atoms with Crippen LogP contribution in [0.25, 0.3) is 0 Å². The zero-order valence-electron chi connectivity index (χ0n) is 17.9. The van der Waals surface area contributed by atoms with Gasteiger partial charge in [0.05, 0.1) is 8.07 Å². The standard InChI is InChI=1S/C24H44Si/c1-15-17(3)23(21-13-9-7-11-19(15)21)25(5,6)24-18(4)16(2)20-12-8-10-14-22(20)24/h15-24H,7-14H2,1-6H3. The van der Waals surface area contributed by atoms with Crippen LogP contribution >= 0.6 is 0 Å². The minimum absolute atomic E-state index is 0.998. The third-order valence-electron chi connectivity index (χ3n) is 10.5. The van der Waals surface area contributed by atoms with E-state index >= 15 is 0 Å². The van der Waals surface area contributed by atoms with Crippen molar-refractivity contribution in [3.63, 3.8) is 0 Å². The van der Waals surface area contributed by atoms with Crippen LogP contribution in [0.2, 0.25) is 24.2 Å². The minimum atomic E-state index is -1.26. The Hall–Kier alpha value is 0.217. The van der Waals surface area contributed by atoms with Crippen LogP contribution in [0.15, 0.2) is 0 Å². The summed E-state index contributed by atoms with van der Waals surface area (Å²) in [5.41, 5.74) is 2.24. The average molecular weight is 361 g/mol. The van der Waals surface area contributed by atoms with Crippen LogP contribution in [0.5, 0.6) is 0 Å². The molecule has 0 bridgehead atoms. The first kappa shape index (κ1) is 18.6. The van der Waals surface area contributed by atoms with Gasteiger partial charge in [-0.25, -0.2) is 0 Å². The van der Waals surface area contributed by atoms with E-state index in [1.54, 1.807) is 25.7 Å². The Kier molecular flexibility index (Phi) is 4.96. The first-order chi connectivity index (χ1) is 11.9. The smallest absolute Gasteiger partial charge is 0.0547 e. The molecule has 0 amide bonds. The fourth-order valence-electron chi connectivity index (χ4n) is 9.47. The molecule has 0 saturated heterocycles. The van der Waals surface area contributed by atoms with Crippen molar-refractivity contribution < 1.29 is 0 Å². The Bertz CT molecular complexity index is 440. The summed E-state index contributed by atoms with van der Waals surface area (Å²) >= 11 is 0. The SMILES string of the molecule is CC1C(C)C([Si](C)(C)C2C(C)C(C)C3CCCCC32)C2CCCCC12. The second-order valence-electron chi connectivity index (χ2n) is 11.5. The van der Waals surface area contributed by atoms with Gasteiger partial charge in [-0.1, -0.05) is 79.3 Å². The Morgan fingerprint density at radius 3 is 1.16 bits per heavy atom. The topological polar surface area (TPSA) is 0 Å². The first-order valence-corrected chi connectivity index (χ1v) is 15.0. The summed E-state index contributed by atoms with van der Waals surface area (Å²) in [5.74, 6) is 8.36. The van der Waals surface area contributed by atoms with E-state index in [1.807, 2.05) is 0 Å². The third kappa shape index (κ3) is 2.73. The third-order valence-corrected chi connectivity index (χ3v) is 15.9. The van der Waals surface area contributed by atoms with Crippen molar-refractivity contribution in [3.8, 4) is 0 Å². The minimum Gasteiger partial charge on any atom is -0.0689 e. The molecule has 25 heavy (non-hydrogen) atoms. The van der Waals surface area contributed by atoms with Crippen LogP contribution < -0.4 is 0 Å². The van der Waals surface area contributed by atoms with Gasteiger partial charge >= 0.3 is 0 Å². The van der Waals surface area contributed by atoms with E-state index in [2.05, 4.69) is 40.8 Å². The lowest BCUT2D eigenvalue weighted by atomic mass is 9.78. The zero-order valence-corrected chi connectivity index (χ0v) is 18.9. The van der Waals surface area contributed by atoms with Crippen LogP contribution in [-0.2, 0) is 0 Å². The lowest BCUT2D eigenvalue weighted by molar-refractivity contribution is 0.227. The molecular formula is C24H44Si. The van der Waals surface area contributed by atoms with Crippen molar-refractivity contribution in [2.75, 3.05) is 0 Å². The van der Waals surface area contributed by atoms with Gasteiger partial charge < -0.3 is 0 Å². The molecule has 144 valence electrons. The molecule has 4 rings (SSSR count). The lowest BCUT2D eigenvalue weighted by Crippen LogP contribution is -2.46. The molecular weight excluding hydrogens is 316 g/mol. The molecule has 4 aliphatic carbocycles. The Morgan fingerprint density at radius 2 is 0.800 bits per heavy atom. The summed E-state index contributed by atoms with van der Waals surface area (Å²) in [4.78, 5) is 0. The molecule has 0 aromatic carbocycles. The molecule has 0 heterocycles. The van der Waals surface area contributed by atoms with Gasteiger partial charge in [0.15, 0.2) is 0 Å². The van der Waals surface area contributed by atoms with Crippen molar-refractivity contribution >= 4 is 8.07 Å². The van der Waals surface area contributed by atoms with Crippen LogP contribution in [0.4, 0.5) is 0 Å².